The van der Waals surface area contributed by atoms with Gasteiger partial charge in [-0.2, -0.15) is 0 Å². The normalized spacial score (nSPS) is 21.8. The Morgan fingerprint density at radius 3 is 3.08 bits per heavy atom. The van der Waals surface area contributed by atoms with Gasteiger partial charge in [0.2, 0.25) is 5.91 Å². The summed E-state index contributed by atoms with van der Waals surface area (Å²) in [5, 5.41) is 5.17. The Bertz CT molecular complexity index is 193. The minimum Gasteiger partial charge on any atom is -0.450 e. The lowest BCUT2D eigenvalue weighted by Gasteiger charge is -2.09. The molecule has 12 heavy (non-hydrogen) atoms. The van der Waals surface area contributed by atoms with Gasteiger partial charge in [0.1, 0.15) is 0 Å². The molecule has 0 bridgehead atoms. The first kappa shape index (κ1) is 8.83. The van der Waals surface area contributed by atoms with Crippen molar-refractivity contribution in [1.29, 1.82) is 0 Å². The molecule has 0 saturated carbocycles. The summed E-state index contributed by atoms with van der Waals surface area (Å²) >= 11 is 0. The van der Waals surface area contributed by atoms with Gasteiger partial charge in [0, 0.05) is 13.0 Å². The molecule has 1 fully saturated rings. The van der Waals surface area contributed by atoms with E-state index in [1.807, 2.05) is 0 Å². The third-order valence-corrected chi connectivity index (χ3v) is 1.57. The van der Waals surface area contributed by atoms with E-state index in [0.29, 0.717) is 19.6 Å². The van der Waals surface area contributed by atoms with Gasteiger partial charge >= 0.3 is 6.09 Å². The number of carbonyl (C=O) groups is 2. The molecule has 1 rings (SSSR count). The molecule has 68 valence electrons. The van der Waals surface area contributed by atoms with Crippen LogP contribution in [0.15, 0.2) is 0 Å². The van der Waals surface area contributed by atoms with Gasteiger partial charge in [-0.05, 0) is 6.92 Å². The van der Waals surface area contributed by atoms with Crippen molar-refractivity contribution in [3.63, 3.8) is 0 Å². The molecular weight excluding hydrogens is 160 g/mol. The summed E-state index contributed by atoms with van der Waals surface area (Å²) in [5.41, 5.74) is 0. The van der Waals surface area contributed by atoms with E-state index >= 15 is 0 Å². The first-order valence-corrected chi connectivity index (χ1v) is 3.92. The zero-order valence-electron chi connectivity index (χ0n) is 6.92. The maximum absolute atomic E-state index is 10.8. The van der Waals surface area contributed by atoms with E-state index in [-0.39, 0.29) is 11.9 Å². The van der Waals surface area contributed by atoms with Gasteiger partial charge in [0.15, 0.2) is 0 Å². The molecule has 0 unspecified atom stereocenters. The highest BCUT2D eigenvalue weighted by molar-refractivity contribution is 5.80. The van der Waals surface area contributed by atoms with Crippen molar-refractivity contribution in [2.24, 2.45) is 0 Å². The fraction of sp³-hybridized carbons (Fsp3) is 0.714. The third kappa shape index (κ3) is 2.41. The average molecular weight is 172 g/mol. The summed E-state index contributed by atoms with van der Waals surface area (Å²) < 4.78 is 4.65. The van der Waals surface area contributed by atoms with Gasteiger partial charge in [-0.1, -0.05) is 0 Å². The molecule has 5 heteroatoms. The first-order chi connectivity index (χ1) is 5.72. The zero-order valence-corrected chi connectivity index (χ0v) is 6.92. The van der Waals surface area contributed by atoms with Crippen LogP contribution >= 0.6 is 0 Å². The van der Waals surface area contributed by atoms with E-state index in [2.05, 4.69) is 15.4 Å². The van der Waals surface area contributed by atoms with Crippen molar-refractivity contribution in [3.8, 4) is 0 Å². The molecule has 1 aliphatic rings. The topological polar surface area (TPSA) is 67.4 Å². The predicted octanol–water partition coefficient (Wildman–Crippen LogP) is -0.379. The molecule has 1 atom stereocenters. The smallest absolute Gasteiger partial charge is 0.407 e. The summed E-state index contributed by atoms with van der Waals surface area (Å²) in [6.45, 7) is 2.58. The minimum absolute atomic E-state index is 0.0307. The summed E-state index contributed by atoms with van der Waals surface area (Å²) in [6, 6.07) is -0.114. The highest BCUT2D eigenvalue weighted by atomic mass is 16.5. The maximum atomic E-state index is 10.8. The molecule has 2 N–H and O–H groups in total. The van der Waals surface area contributed by atoms with Crippen molar-refractivity contribution >= 4 is 12.0 Å². The lowest BCUT2D eigenvalue weighted by Crippen LogP contribution is -2.36. The van der Waals surface area contributed by atoms with Crippen LogP contribution in [0.2, 0.25) is 0 Å². The second kappa shape index (κ2) is 3.94. The molecule has 0 aromatic carbocycles. The van der Waals surface area contributed by atoms with Crippen molar-refractivity contribution in [3.05, 3.63) is 0 Å². The van der Waals surface area contributed by atoms with Crippen LogP contribution in [0, 0.1) is 0 Å². The summed E-state index contributed by atoms with van der Waals surface area (Å²) in [7, 11) is 0. The molecule has 1 aliphatic heterocycles. The Kier molecular flexibility index (Phi) is 2.90. The molecule has 1 saturated heterocycles. The van der Waals surface area contributed by atoms with Gasteiger partial charge in [-0.15, -0.1) is 0 Å². The van der Waals surface area contributed by atoms with Crippen LogP contribution in [0.4, 0.5) is 4.79 Å². The standard InChI is InChI=1S/C7H12N2O3/c1-2-12-7(11)9-5-3-6(10)8-4-5/h5H,2-4H2,1H3,(H,8,10)(H,9,11)/t5-/m1/s1. The number of alkyl carbamates (subject to hydrolysis) is 1. The SMILES string of the molecule is CCOC(=O)N[C@H]1CNC(=O)C1. The highest BCUT2D eigenvalue weighted by Gasteiger charge is 2.22. The molecule has 1 heterocycles. The van der Waals surface area contributed by atoms with E-state index in [1.54, 1.807) is 6.92 Å². The van der Waals surface area contributed by atoms with Crippen LogP contribution < -0.4 is 10.6 Å². The predicted molar refractivity (Wildman–Crippen MR) is 41.6 cm³/mol. The monoisotopic (exact) mass is 172 g/mol. The largest absolute Gasteiger partial charge is 0.450 e. The number of amides is 2. The summed E-state index contributed by atoms with van der Waals surface area (Å²) in [6.07, 6.45) is -0.113. The van der Waals surface area contributed by atoms with E-state index in [0.717, 1.165) is 0 Å². The Hall–Kier alpha value is -1.26. The van der Waals surface area contributed by atoms with Crippen LogP contribution in [-0.2, 0) is 9.53 Å². The van der Waals surface area contributed by atoms with Crippen molar-refractivity contribution in [1.82, 2.24) is 10.6 Å². The Labute approximate surface area is 70.5 Å². The highest BCUT2D eigenvalue weighted by Crippen LogP contribution is 1.98. The van der Waals surface area contributed by atoms with Gasteiger partial charge in [0.05, 0.1) is 12.6 Å². The van der Waals surface area contributed by atoms with E-state index in [9.17, 15) is 9.59 Å². The van der Waals surface area contributed by atoms with E-state index in [1.165, 1.54) is 0 Å². The lowest BCUT2D eigenvalue weighted by atomic mass is 10.3. The molecule has 0 spiro atoms. The summed E-state index contributed by atoms with van der Waals surface area (Å²) in [5.74, 6) is -0.0307. The third-order valence-electron chi connectivity index (χ3n) is 1.57. The van der Waals surface area contributed by atoms with Gasteiger partial charge in [-0.25, -0.2) is 4.79 Å². The Morgan fingerprint density at radius 2 is 2.58 bits per heavy atom. The molecular formula is C7H12N2O3. The molecule has 0 aromatic rings. The lowest BCUT2D eigenvalue weighted by molar-refractivity contribution is -0.119. The Balaban J connectivity index is 2.23. The van der Waals surface area contributed by atoms with Gasteiger partial charge in [-0.3, -0.25) is 4.79 Å². The second-order valence-electron chi connectivity index (χ2n) is 2.57. The van der Waals surface area contributed by atoms with Crippen molar-refractivity contribution in [2.75, 3.05) is 13.2 Å². The van der Waals surface area contributed by atoms with Crippen LogP contribution in [0.25, 0.3) is 0 Å². The number of rotatable bonds is 2. The fourth-order valence-electron chi connectivity index (χ4n) is 1.05. The number of hydrogen-bond acceptors (Lipinski definition) is 3. The van der Waals surface area contributed by atoms with Crippen LogP contribution in [0.3, 0.4) is 0 Å². The Morgan fingerprint density at radius 1 is 1.83 bits per heavy atom. The summed E-state index contributed by atoms with van der Waals surface area (Å²) in [4.78, 5) is 21.5. The zero-order chi connectivity index (χ0) is 8.97. The second-order valence-corrected chi connectivity index (χ2v) is 2.57. The average Bonchev–Trinajstić information content (AvgIpc) is 2.36. The van der Waals surface area contributed by atoms with Crippen LogP contribution in [-0.4, -0.2) is 31.2 Å². The van der Waals surface area contributed by atoms with Crippen LogP contribution in [0.5, 0.6) is 0 Å². The maximum Gasteiger partial charge on any atom is 0.407 e. The van der Waals surface area contributed by atoms with Gasteiger partial charge in [0.25, 0.3) is 0 Å². The van der Waals surface area contributed by atoms with E-state index in [4.69, 9.17) is 0 Å². The quantitative estimate of drug-likeness (QED) is 0.596. The fourth-order valence-corrected chi connectivity index (χ4v) is 1.05. The number of ether oxygens (including phenoxy) is 1. The first-order valence-electron chi connectivity index (χ1n) is 3.92. The number of nitrogens with one attached hydrogen (secondary N) is 2. The van der Waals surface area contributed by atoms with Crippen molar-refractivity contribution in [2.45, 2.75) is 19.4 Å². The number of hydrogen-bond donors (Lipinski definition) is 2. The van der Waals surface area contributed by atoms with Crippen LogP contribution in [0.1, 0.15) is 13.3 Å². The van der Waals surface area contributed by atoms with E-state index < -0.39 is 6.09 Å². The van der Waals surface area contributed by atoms with Gasteiger partial charge < -0.3 is 15.4 Å². The number of carbonyl (C=O) groups excluding carboxylic acids is 2. The molecule has 0 aliphatic carbocycles. The van der Waals surface area contributed by atoms with Crippen molar-refractivity contribution < 1.29 is 14.3 Å². The molecule has 0 aromatic heterocycles. The molecule has 0 radical (unpaired) electrons. The molecule has 5 nitrogen and oxygen atoms in total. The minimum atomic E-state index is -0.459. The molecule has 2 amide bonds.